The van der Waals surface area contributed by atoms with Crippen LogP contribution >= 0.6 is 11.8 Å². The minimum absolute atomic E-state index is 0.0332. The van der Waals surface area contributed by atoms with E-state index in [1.807, 2.05) is 30.3 Å². The second kappa shape index (κ2) is 9.27. The highest BCUT2D eigenvalue weighted by Gasteiger charge is 2.30. The zero-order chi connectivity index (χ0) is 20.1. The number of aromatic nitrogens is 3. The molecule has 1 saturated carbocycles. The average molecular weight is 407 g/mol. The maximum Gasteiger partial charge on any atom is 0.230 e. The van der Waals surface area contributed by atoms with E-state index in [4.69, 9.17) is 0 Å². The van der Waals surface area contributed by atoms with Gasteiger partial charge in [0.2, 0.25) is 5.91 Å². The van der Waals surface area contributed by atoms with Crippen LogP contribution < -0.4 is 5.32 Å². The van der Waals surface area contributed by atoms with Crippen LogP contribution in [-0.4, -0.2) is 33.0 Å². The molecule has 0 saturated heterocycles. The maximum absolute atomic E-state index is 12.3. The first kappa shape index (κ1) is 19.7. The molecule has 1 aliphatic rings. The number of nitrogens with zero attached hydrogens (tertiary/aromatic N) is 3. The van der Waals surface area contributed by atoms with Crippen molar-refractivity contribution in [2.45, 2.75) is 43.8 Å². The third-order valence-electron chi connectivity index (χ3n) is 5.18. The summed E-state index contributed by atoms with van der Waals surface area (Å²) in [6, 6.07) is 18.6. The molecule has 0 spiro atoms. The fourth-order valence-corrected chi connectivity index (χ4v) is 4.15. The molecule has 2 aromatic carbocycles. The van der Waals surface area contributed by atoms with Gasteiger partial charge in [0.1, 0.15) is 5.82 Å². The normalized spacial score (nSPS) is 13.4. The predicted molar refractivity (Wildman–Crippen MR) is 116 cm³/mol. The van der Waals surface area contributed by atoms with Crippen molar-refractivity contribution in [3.63, 3.8) is 0 Å². The second-order valence-electron chi connectivity index (χ2n) is 7.50. The molecule has 0 bridgehead atoms. The van der Waals surface area contributed by atoms with Gasteiger partial charge in [-0.3, -0.25) is 4.79 Å². The van der Waals surface area contributed by atoms with Gasteiger partial charge in [0.25, 0.3) is 0 Å². The van der Waals surface area contributed by atoms with Crippen LogP contribution in [-0.2, 0) is 17.8 Å². The van der Waals surface area contributed by atoms with Crippen LogP contribution in [0.5, 0.6) is 0 Å². The highest BCUT2D eigenvalue weighted by Crippen LogP contribution is 2.40. The third-order valence-corrected chi connectivity index (χ3v) is 6.15. The highest BCUT2D eigenvalue weighted by atomic mass is 32.2. The quantitative estimate of drug-likeness (QED) is 0.547. The summed E-state index contributed by atoms with van der Waals surface area (Å²) in [5.41, 5.74) is 3.76. The van der Waals surface area contributed by atoms with Gasteiger partial charge in [-0.2, -0.15) is 0 Å². The lowest BCUT2D eigenvalue weighted by Gasteiger charge is -2.10. The van der Waals surface area contributed by atoms with Crippen LogP contribution in [0.2, 0.25) is 0 Å². The van der Waals surface area contributed by atoms with Crippen LogP contribution in [0.3, 0.4) is 0 Å². The largest absolute Gasteiger partial charge is 0.355 e. The predicted octanol–water partition coefficient (Wildman–Crippen LogP) is 3.96. The van der Waals surface area contributed by atoms with Gasteiger partial charge in [0.05, 0.1) is 12.3 Å². The van der Waals surface area contributed by atoms with Crippen molar-refractivity contribution in [2.24, 2.45) is 0 Å². The van der Waals surface area contributed by atoms with Crippen LogP contribution in [0, 0.1) is 6.92 Å². The Bertz CT molecular complexity index is 966. The first-order chi connectivity index (χ1) is 14.2. The monoisotopic (exact) mass is 406 g/mol. The van der Waals surface area contributed by atoms with Crippen molar-refractivity contribution in [1.82, 2.24) is 20.1 Å². The van der Waals surface area contributed by atoms with Gasteiger partial charge in [-0.15, -0.1) is 10.2 Å². The minimum Gasteiger partial charge on any atom is -0.355 e. The summed E-state index contributed by atoms with van der Waals surface area (Å²) in [5.74, 6) is 1.95. The van der Waals surface area contributed by atoms with Crippen molar-refractivity contribution in [1.29, 1.82) is 0 Å². The molecule has 1 aliphatic carbocycles. The molecule has 1 fully saturated rings. The highest BCUT2D eigenvalue weighted by molar-refractivity contribution is 7.99. The van der Waals surface area contributed by atoms with Crippen molar-refractivity contribution in [2.75, 3.05) is 12.3 Å². The number of carbonyl (C=O) groups is 1. The van der Waals surface area contributed by atoms with E-state index in [9.17, 15) is 4.79 Å². The molecular weight excluding hydrogens is 380 g/mol. The summed E-state index contributed by atoms with van der Waals surface area (Å²) in [4.78, 5) is 12.3. The Morgan fingerprint density at radius 3 is 2.62 bits per heavy atom. The number of nitrogens with one attached hydrogen (secondary N) is 1. The third kappa shape index (κ3) is 5.26. The molecule has 0 aliphatic heterocycles. The van der Waals surface area contributed by atoms with Crippen LogP contribution in [0.1, 0.15) is 41.3 Å². The fourth-order valence-electron chi connectivity index (χ4n) is 3.37. The molecule has 4 rings (SSSR count). The number of thioether (sulfide) groups is 1. The van der Waals surface area contributed by atoms with E-state index in [2.05, 4.69) is 51.3 Å². The number of aryl methyl sites for hydroxylation is 1. The Balaban J connectivity index is 1.33. The van der Waals surface area contributed by atoms with Gasteiger partial charge in [-0.05, 0) is 42.9 Å². The molecule has 150 valence electrons. The summed E-state index contributed by atoms with van der Waals surface area (Å²) >= 11 is 1.47. The Morgan fingerprint density at radius 2 is 1.86 bits per heavy atom. The lowest BCUT2D eigenvalue weighted by atomic mass is 10.1. The molecular formula is C23H26N4OS. The Hall–Kier alpha value is -2.60. The van der Waals surface area contributed by atoms with E-state index in [1.165, 1.54) is 41.3 Å². The SMILES string of the molecule is Cc1ccccc1CCNC(=O)CSc1nnc(C2CC2)n1Cc1ccccc1. The maximum atomic E-state index is 12.3. The molecule has 0 radical (unpaired) electrons. The van der Waals surface area contributed by atoms with E-state index in [0.717, 1.165) is 23.9 Å². The summed E-state index contributed by atoms with van der Waals surface area (Å²) in [6.07, 6.45) is 3.20. The summed E-state index contributed by atoms with van der Waals surface area (Å²) in [7, 11) is 0. The number of rotatable bonds is 9. The first-order valence-electron chi connectivity index (χ1n) is 10.1. The lowest BCUT2D eigenvalue weighted by Crippen LogP contribution is -2.27. The zero-order valence-electron chi connectivity index (χ0n) is 16.7. The average Bonchev–Trinajstić information content (AvgIpc) is 3.50. The van der Waals surface area contributed by atoms with E-state index >= 15 is 0 Å². The van der Waals surface area contributed by atoms with Crippen LogP contribution in [0.4, 0.5) is 0 Å². The molecule has 1 amide bonds. The number of hydrogen-bond donors (Lipinski definition) is 1. The standard InChI is InChI=1S/C23H26N4OS/c1-17-7-5-6-10-19(17)13-14-24-21(28)16-29-23-26-25-22(20-11-12-20)27(23)15-18-8-3-2-4-9-18/h2-10,20H,11-16H2,1H3,(H,24,28). The van der Waals surface area contributed by atoms with Crippen LogP contribution in [0.25, 0.3) is 0 Å². The minimum atomic E-state index is 0.0332. The van der Waals surface area contributed by atoms with Crippen molar-refractivity contribution < 1.29 is 4.79 Å². The van der Waals surface area contributed by atoms with Crippen LogP contribution in [0.15, 0.2) is 59.8 Å². The van der Waals surface area contributed by atoms with Gasteiger partial charge in [-0.25, -0.2) is 0 Å². The summed E-state index contributed by atoms with van der Waals surface area (Å²) in [5, 5.41) is 12.7. The summed E-state index contributed by atoms with van der Waals surface area (Å²) in [6.45, 7) is 3.50. The molecule has 3 aromatic rings. The molecule has 29 heavy (non-hydrogen) atoms. The van der Waals surface area contributed by atoms with Gasteiger partial charge in [0, 0.05) is 12.5 Å². The lowest BCUT2D eigenvalue weighted by molar-refractivity contribution is -0.118. The molecule has 0 unspecified atom stereocenters. The van der Waals surface area contributed by atoms with Gasteiger partial charge in [0.15, 0.2) is 5.16 Å². The van der Waals surface area contributed by atoms with Gasteiger partial charge >= 0.3 is 0 Å². The van der Waals surface area contributed by atoms with Gasteiger partial charge < -0.3 is 9.88 Å². The Labute approximate surface area is 175 Å². The Morgan fingerprint density at radius 1 is 1.10 bits per heavy atom. The molecule has 6 heteroatoms. The topological polar surface area (TPSA) is 59.8 Å². The van der Waals surface area contributed by atoms with E-state index < -0.39 is 0 Å². The fraction of sp³-hybridized carbons (Fsp3) is 0.348. The smallest absolute Gasteiger partial charge is 0.230 e. The summed E-state index contributed by atoms with van der Waals surface area (Å²) < 4.78 is 2.18. The number of amides is 1. The van der Waals surface area contributed by atoms with E-state index in [1.54, 1.807) is 0 Å². The second-order valence-corrected chi connectivity index (χ2v) is 8.44. The van der Waals surface area contributed by atoms with Crippen molar-refractivity contribution in [3.8, 4) is 0 Å². The van der Waals surface area contributed by atoms with Crippen molar-refractivity contribution >= 4 is 17.7 Å². The molecule has 1 heterocycles. The zero-order valence-corrected chi connectivity index (χ0v) is 17.5. The van der Waals surface area contributed by atoms with E-state index in [-0.39, 0.29) is 5.91 Å². The molecule has 0 atom stereocenters. The van der Waals surface area contributed by atoms with Gasteiger partial charge in [-0.1, -0.05) is 66.4 Å². The molecule has 1 aromatic heterocycles. The van der Waals surface area contributed by atoms with E-state index in [0.29, 0.717) is 18.2 Å². The number of benzene rings is 2. The Kier molecular flexibility index (Phi) is 6.30. The number of carbonyl (C=O) groups excluding carboxylic acids is 1. The number of hydrogen-bond acceptors (Lipinski definition) is 4. The van der Waals surface area contributed by atoms with Crippen molar-refractivity contribution in [3.05, 3.63) is 77.1 Å². The molecule has 5 nitrogen and oxygen atoms in total. The molecule has 1 N–H and O–H groups in total. The first-order valence-corrected chi connectivity index (χ1v) is 11.1.